The van der Waals surface area contributed by atoms with E-state index in [1.165, 1.54) is 331 Å². The molecule has 0 N–H and O–H groups in total. The van der Waals surface area contributed by atoms with Crippen molar-refractivity contribution >= 4 is 57.1 Å². The van der Waals surface area contributed by atoms with E-state index in [9.17, 15) is 0 Å². The molecule has 0 saturated carbocycles. The van der Waals surface area contributed by atoms with Gasteiger partial charge in [0.15, 0.2) is 0 Å². The second-order valence-corrected chi connectivity index (χ2v) is 41.3. The highest BCUT2D eigenvalue weighted by atomic mass is 16.6. The van der Waals surface area contributed by atoms with E-state index < -0.39 is 0 Å². The number of benzene rings is 12. The molecule has 708 valence electrons. The van der Waals surface area contributed by atoms with Gasteiger partial charge in [-0.1, -0.05) is 479 Å². The second-order valence-electron chi connectivity index (χ2n) is 41.3. The van der Waals surface area contributed by atoms with Crippen molar-refractivity contribution in [1.82, 2.24) is 20.3 Å². The topological polar surface area (TPSA) is 64.7 Å². The van der Waals surface area contributed by atoms with Gasteiger partial charge in [-0.15, -0.1) is 0 Å². The average molecular weight is 1820 g/mol. The lowest BCUT2D eigenvalue weighted by Crippen LogP contribution is -2.26. The lowest BCUT2D eigenvalue weighted by molar-refractivity contribution is 0.315. The van der Waals surface area contributed by atoms with Gasteiger partial charge in [0, 0.05) is 38.1 Å². The Labute approximate surface area is 826 Å². The van der Waals surface area contributed by atoms with Crippen LogP contribution in [0.1, 0.15) is 367 Å². The van der Waals surface area contributed by atoms with Gasteiger partial charge in [-0.3, -0.25) is 0 Å². The maximum Gasteiger partial charge on any atom is 0.143 e. The summed E-state index contributed by atoms with van der Waals surface area (Å²) in [6.07, 6.45) is 61.6. The maximum atomic E-state index is 5.73. The van der Waals surface area contributed by atoms with Gasteiger partial charge in [0.05, 0.1) is 22.4 Å². The quantitative estimate of drug-likeness (QED) is 0.0356. The number of aromatic nitrogens is 4. The fourth-order valence-electron chi connectivity index (χ4n) is 24.4. The molecule has 3 aromatic heterocycles. The van der Waals surface area contributed by atoms with E-state index in [2.05, 4.69) is 338 Å². The van der Waals surface area contributed by atoms with Crippen LogP contribution in [-0.4, -0.2) is 20.3 Å². The number of nitrogens with zero attached hydrogens (tertiary/aromatic N) is 4. The molecule has 0 bridgehead atoms. The summed E-state index contributed by atoms with van der Waals surface area (Å²) in [4.78, 5) is 10.8. The van der Waals surface area contributed by atoms with Crippen LogP contribution in [0.3, 0.4) is 0 Å². The Morgan fingerprint density at radius 3 is 0.783 bits per heavy atom. The molecule has 138 heavy (non-hydrogen) atoms. The highest BCUT2D eigenvalue weighted by Crippen LogP contribution is 2.61. The van der Waals surface area contributed by atoms with Crippen LogP contribution < -0.4 is 0 Å². The van der Waals surface area contributed by atoms with Crippen molar-refractivity contribution in [3.63, 3.8) is 0 Å². The van der Waals surface area contributed by atoms with E-state index >= 15 is 0 Å². The predicted octanol–water partition coefficient (Wildman–Crippen LogP) is 40.0. The fraction of sp³-hybridized carbons (Fsp3) is 0.383. The zero-order chi connectivity index (χ0) is 94.3. The van der Waals surface area contributed by atoms with Crippen LogP contribution >= 0.6 is 0 Å². The summed E-state index contributed by atoms with van der Waals surface area (Å²) in [7, 11) is 0. The van der Waals surface area contributed by atoms with Gasteiger partial charge >= 0.3 is 0 Å². The second kappa shape index (κ2) is 46.9. The van der Waals surface area contributed by atoms with Gasteiger partial charge < -0.3 is 0 Å². The van der Waals surface area contributed by atoms with Crippen LogP contribution in [0.2, 0.25) is 0 Å². The van der Waals surface area contributed by atoms with Crippen molar-refractivity contribution in [1.29, 1.82) is 0 Å². The van der Waals surface area contributed by atoms with Gasteiger partial charge in [0.2, 0.25) is 0 Å². The molecule has 12 aromatic carbocycles. The zero-order valence-electron chi connectivity index (χ0n) is 84.1. The maximum absolute atomic E-state index is 5.73. The first-order chi connectivity index (χ1) is 68.2. The van der Waals surface area contributed by atoms with Gasteiger partial charge in [-0.25, -0.2) is 14.6 Å². The monoisotopic (exact) mass is 1820 g/mol. The predicted molar refractivity (Wildman–Crippen MR) is 592 cm³/mol. The molecule has 3 aliphatic rings. The Hall–Kier alpha value is -11.7. The van der Waals surface area contributed by atoms with Gasteiger partial charge in [0.1, 0.15) is 11.0 Å². The van der Waals surface area contributed by atoms with E-state index in [1.54, 1.807) is 16.7 Å². The number of unbranched alkanes of at least 4 members (excludes halogenated alkanes) is 30. The first-order valence-corrected chi connectivity index (χ1v) is 54.7. The van der Waals surface area contributed by atoms with Crippen LogP contribution in [0.5, 0.6) is 0 Å². The van der Waals surface area contributed by atoms with E-state index in [0.29, 0.717) is 0 Å². The average Bonchev–Trinajstić information content (AvgIpc) is 1.54. The standard InChI is InChI=1S/C133H150N4O/c1-7-13-19-25-31-47-83-131(84-48-32-26-20-14-8-2)121-91-101(97-53-39-37-40-54-97)65-75-113(121)114-76-66-102(92-122(114)131)103-67-77-115-117-79-69-107(95-125(117)132(123(115)93-103,85-49-33-27-21-15-9-3)86-50-34-28-22-16-10-4)119-89-105(64-74-110-72-62-100-58-44-46-60-128(100)135-110)120(90-104(119)63-73-109-71-61-99-57-43-45-59-127(99)134-109)108-70-80-118-116-78-68-106(112-82-81-111(98-55-41-38-42-56-98)129-130(112)137-138-136-129)94-124(116)133(126(118)96-108,87-51-35-29-23-17-11-5)88-52-36-30-24-18-12-6/h37-46,53-82,89-96H,7-36,47-52,83-88H2,1-6H3/b73-63+,74-64+. The molecule has 0 saturated heterocycles. The summed E-state index contributed by atoms with van der Waals surface area (Å²) in [6, 6.07) is 104. The zero-order valence-corrected chi connectivity index (χ0v) is 84.1. The first kappa shape index (κ1) is 96.6. The van der Waals surface area contributed by atoms with Gasteiger partial charge in [-0.2, -0.15) is 0 Å². The van der Waals surface area contributed by atoms with E-state index in [0.717, 1.165) is 111 Å². The molecule has 15 aromatic rings. The minimum atomic E-state index is -0.264. The number of para-hydroxylation sites is 2. The molecule has 18 rings (SSSR count). The highest BCUT2D eigenvalue weighted by Gasteiger charge is 2.47. The molecule has 0 radical (unpaired) electrons. The molecule has 0 aliphatic heterocycles. The molecule has 5 heteroatoms. The molecule has 3 heterocycles. The Balaban J connectivity index is 0.813. The van der Waals surface area contributed by atoms with Crippen LogP contribution in [0.4, 0.5) is 0 Å². The van der Waals surface area contributed by atoms with Gasteiger partial charge in [-0.05, 0) is 267 Å². The number of hydrogen-bond donors (Lipinski definition) is 0. The van der Waals surface area contributed by atoms with Crippen LogP contribution in [0.25, 0.3) is 157 Å². The van der Waals surface area contributed by atoms with E-state index in [4.69, 9.17) is 19.8 Å². The normalized spacial score (nSPS) is 13.6. The fourth-order valence-corrected chi connectivity index (χ4v) is 24.4. The minimum Gasteiger partial charge on any atom is -0.248 e. The molecular formula is C133H150N4O. The third kappa shape index (κ3) is 21.4. The van der Waals surface area contributed by atoms with Crippen molar-refractivity contribution in [2.45, 2.75) is 327 Å². The SMILES string of the molecule is CCCCCCCCC1(CCCCCCCC)c2cc(-c3ccccc3)ccc2-c2ccc(-c3ccc4c(c3)C(CCCCCCCC)(CCCCCCCC)c3cc(-c5cc(/C=C/c6ccc7ccccc7n6)c(-c6ccc7c(c6)C(CCCCCCCC)(CCCCCCCC)c6cc(-c8ccc(-c9ccccc9)c9nonc89)ccc6-7)cc5/C=C/c5ccc6ccccc6n5)ccc3-4)cc21. The summed E-state index contributed by atoms with van der Waals surface area (Å²) in [5, 5.41) is 11.6. The molecule has 3 aliphatic carbocycles. The number of fused-ring (bicyclic) bond motifs is 12. The number of pyridine rings is 2. The molecule has 5 nitrogen and oxygen atoms in total. The summed E-state index contributed by atoms with van der Waals surface area (Å²) < 4.78 is 5.73. The number of rotatable bonds is 52. The summed E-state index contributed by atoms with van der Waals surface area (Å²) in [5.41, 5.74) is 39.3. The first-order valence-electron chi connectivity index (χ1n) is 54.7. The molecule has 0 spiro atoms. The van der Waals surface area contributed by atoms with Crippen molar-refractivity contribution in [2.24, 2.45) is 0 Å². The number of hydrogen-bond acceptors (Lipinski definition) is 5. The van der Waals surface area contributed by atoms with E-state index in [-0.39, 0.29) is 16.2 Å². The van der Waals surface area contributed by atoms with Crippen molar-refractivity contribution in [3.05, 3.63) is 323 Å². The third-order valence-corrected chi connectivity index (χ3v) is 32.0. The molecular weight excluding hydrogens is 1670 g/mol. The Morgan fingerprint density at radius 1 is 0.203 bits per heavy atom. The van der Waals surface area contributed by atoms with Crippen molar-refractivity contribution in [3.8, 4) is 100 Å². The molecule has 0 unspecified atom stereocenters. The van der Waals surface area contributed by atoms with E-state index in [1.807, 2.05) is 0 Å². The van der Waals surface area contributed by atoms with Crippen molar-refractivity contribution in [2.75, 3.05) is 0 Å². The Kier molecular flexibility index (Phi) is 32.8. The van der Waals surface area contributed by atoms with Crippen LogP contribution in [-0.2, 0) is 16.2 Å². The minimum absolute atomic E-state index is 0.0835. The summed E-state index contributed by atoms with van der Waals surface area (Å²) in [5.74, 6) is 0. The highest BCUT2D eigenvalue weighted by molar-refractivity contribution is 6.02. The largest absolute Gasteiger partial charge is 0.248 e. The molecule has 0 amide bonds. The summed E-state index contributed by atoms with van der Waals surface area (Å²) >= 11 is 0. The summed E-state index contributed by atoms with van der Waals surface area (Å²) in [6.45, 7) is 14.1. The lowest BCUT2D eigenvalue weighted by Gasteiger charge is -2.34. The molecule has 0 atom stereocenters. The third-order valence-electron chi connectivity index (χ3n) is 32.0. The Bertz CT molecular complexity index is 6610. The van der Waals surface area contributed by atoms with Gasteiger partial charge in [0.25, 0.3) is 0 Å². The smallest absolute Gasteiger partial charge is 0.143 e. The lowest BCUT2D eigenvalue weighted by atomic mass is 9.69. The Morgan fingerprint density at radius 2 is 0.457 bits per heavy atom. The molecule has 0 fully saturated rings. The van der Waals surface area contributed by atoms with Crippen LogP contribution in [0.15, 0.2) is 272 Å². The van der Waals surface area contributed by atoms with Crippen molar-refractivity contribution < 1.29 is 4.63 Å². The van der Waals surface area contributed by atoms with Crippen LogP contribution in [0, 0.1) is 0 Å².